The molecule has 1 heterocycles. The maximum absolute atomic E-state index is 12.2. The number of rotatable bonds is 10. The first kappa shape index (κ1) is 22.7. The Morgan fingerprint density at radius 2 is 1.77 bits per heavy atom. The van der Waals surface area contributed by atoms with E-state index in [2.05, 4.69) is 16.6 Å². The Morgan fingerprint density at radius 3 is 2.52 bits per heavy atom. The number of aryl methyl sites for hydroxylation is 1. The van der Waals surface area contributed by atoms with Gasteiger partial charge in [0.25, 0.3) is 10.0 Å². The van der Waals surface area contributed by atoms with Crippen molar-refractivity contribution < 1.29 is 22.7 Å². The minimum atomic E-state index is -3.57. The number of fused-ring (bicyclic) bond motifs is 1. The molecule has 0 aliphatic carbocycles. The van der Waals surface area contributed by atoms with Crippen LogP contribution in [0, 0.1) is 0 Å². The molecule has 0 saturated carbocycles. The number of hydrogen-bond donors (Lipinski definition) is 1. The van der Waals surface area contributed by atoms with Crippen LogP contribution in [-0.4, -0.2) is 39.2 Å². The first-order chi connectivity index (χ1) is 14.9. The molecule has 1 aliphatic heterocycles. The van der Waals surface area contributed by atoms with E-state index in [-0.39, 0.29) is 36.1 Å². The largest absolute Gasteiger partial charge is 0.457 e. The van der Waals surface area contributed by atoms with Gasteiger partial charge in [-0.05, 0) is 37.0 Å². The van der Waals surface area contributed by atoms with Gasteiger partial charge in [-0.15, -0.1) is 0 Å². The molecular weight excluding hydrogens is 416 g/mol. The molecule has 3 rings (SSSR count). The van der Waals surface area contributed by atoms with Crippen LogP contribution in [0.3, 0.4) is 0 Å². The van der Waals surface area contributed by atoms with Crippen molar-refractivity contribution in [3.05, 3.63) is 65.2 Å². The van der Waals surface area contributed by atoms with Crippen LogP contribution in [0.4, 0.5) is 0 Å². The predicted octanol–water partition coefficient (Wildman–Crippen LogP) is 3.27. The third-order valence-corrected chi connectivity index (χ3v) is 6.33. The number of ketones is 1. The topological polar surface area (TPSA) is 102 Å². The molecule has 0 atom stereocenters. The number of carbonyl (C=O) groups excluding carboxylic acids is 2. The number of ether oxygens (including phenoxy) is 1. The fraction of sp³-hybridized carbons (Fsp3) is 0.348. The lowest BCUT2D eigenvalue weighted by molar-refractivity contribution is -0.142. The van der Waals surface area contributed by atoms with E-state index in [9.17, 15) is 18.0 Å². The molecule has 0 bridgehead atoms. The summed E-state index contributed by atoms with van der Waals surface area (Å²) in [6, 6.07) is 14.0. The van der Waals surface area contributed by atoms with Crippen molar-refractivity contribution in [1.29, 1.82) is 0 Å². The second-order valence-electron chi connectivity index (χ2n) is 7.32. The lowest BCUT2D eigenvalue weighted by Crippen LogP contribution is -2.22. The molecule has 0 amide bonds. The van der Waals surface area contributed by atoms with Crippen molar-refractivity contribution in [2.45, 2.75) is 43.9 Å². The van der Waals surface area contributed by atoms with Gasteiger partial charge in [-0.25, -0.2) is 8.42 Å². The normalized spacial score (nSPS) is 15.3. The highest BCUT2D eigenvalue weighted by molar-refractivity contribution is 7.90. The van der Waals surface area contributed by atoms with E-state index in [0.29, 0.717) is 17.5 Å². The fourth-order valence-corrected chi connectivity index (χ4v) is 4.46. The summed E-state index contributed by atoms with van der Waals surface area (Å²) in [6.07, 6.45) is 3.68. The van der Waals surface area contributed by atoms with E-state index < -0.39 is 16.0 Å². The highest BCUT2D eigenvalue weighted by Gasteiger charge is 2.29. The first-order valence-electron chi connectivity index (χ1n) is 10.3. The summed E-state index contributed by atoms with van der Waals surface area (Å²) in [5, 5.41) is 0. The Morgan fingerprint density at radius 1 is 1.03 bits per heavy atom. The lowest BCUT2D eigenvalue weighted by Gasteiger charge is -2.05. The summed E-state index contributed by atoms with van der Waals surface area (Å²) in [6.45, 7) is 2.09. The molecular formula is C23H26N2O5S. The second-order valence-corrected chi connectivity index (χ2v) is 8.97. The minimum absolute atomic E-state index is 0.0917. The molecule has 2 aromatic carbocycles. The Hall–Kier alpha value is -3.00. The molecule has 0 unspecified atom stereocenters. The molecule has 164 valence electrons. The highest BCUT2D eigenvalue weighted by Crippen LogP contribution is 2.22. The van der Waals surface area contributed by atoms with Gasteiger partial charge in [0.1, 0.15) is 5.84 Å². The number of aliphatic imine (C=N–C) groups is 1. The Balaban J connectivity index is 1.42. The van der Waals surface area contributed by atoms with E-state index in [0.717, 1.165) is 19.3 Å². The van der Waals surface area contributed by atoms with Crippen LogP contribution < -0.4 is 4.72 Å². The summed E-state index contributed by atoms with van der Waals surface area (Å²) in [4.78, 5) is 28.6. The summed E-state index contributed by atoms with van der Waals surface area (Å²) in [7, 11) is -3.57. The van der Waals surface area contributed by atoms with Crippen LogP contribution in [0.15, 0.2) is 58.4 Å². The zero-order valence-electron chi connectivity index (χ0n) is 17.5. The van der Waals surface area contributed by atoms with E-state index in [4.69, 9.17) is 4.74 Å². The Kier molecular flexibility index (Phi) is 7.57. The molecule has 0 spiro atoms. The van der Waals surface area contributed by atoms with Gasteiger partial charge in [-0.1, -0.05) is 49.7 Å². The number of nitrogens with one attached hydrogen (secondary N) is 1. The Labute approximate surface area is 182 Å². The lowest BCUT2D eigenvalue weighted by atomic mass is 10.0. The van der Waals surface area contributed by atoms with Gasteiger partial charge in [-0.3, -0.25) is 19.3 Å². The minimum Gasteiger partial charge on any atom is -0.457 e. The summed E-state index contributed by atoms with van der Waals surface area (Å²) in [5.74, 6) is -0.449. The molecule has 7 nitrogen and oxygen atoms in total. The van der Waals surface area contributed by atoms with Crippen LogP contribution >= 0.6 is 0 Å². The van der Waals surface area contributed by atoms with Crippen molar-refractivity contribution in [1.82, 2.24) is 4.72 Å². The number of esters is 1. The maximum atomic E-state index is 12.2. The smallest absolute Gasteiger partial charge is 0.306 e. The van der Waals surface area contributed by atoms with Crippen molar-refractivity contribution in [2.75, 3.05) is 13.2 Å². The number of benzene rings is 2. The summed E-state index contributed by atoms with van der Waals surface area (Å²) < 4.78 is 31.6. The van der Waals surface area contributed by atoms with Crippen LogP contribution in [0.25, 0.3) is 0 Å². The molecule has 31 heavy (non-hydrogen) atoms. The van der Waals surface area contributed by atoms with E-state index in [1.165, 1.54) is 11.6 Å². The SMILES string of the molecule is CCCCc1ccc(C(=O)COC(=O)CCCN=C2NS(=O)(=O)c3ccccc32)cc1. The standard InChI is InChI=1S/C23H26N2O5S/c1-2-3-7-17-11-13-18(14-12-17)20(26)16-30-22(27)10-6-15-24-23-19-8-4-5-9-21(19)31(28,29)25-23/h4-5,8-9,11-14H,2-3,6-7,10,15-16H2,1H3,(H,24,25). The van der Waals surface area contributed by atoms with E-state index in [1.807, 2.05) is 12.1 Å². The number of Topliss-reactive ketones (excluding diaryl/α,β-unsaturated/α-hetero) is 1. The monoisotopic (exact) mass is 442 g/mol. The van der Waals surface area contributed by atoms with Gasteiger partial charge < -0.3 is 4.74 Å². The molecule has 0 aromatic heterocycles. The van der Waals surface area contributed by atoms with Gasteiger partial charge in [0.15, 0.2) is 12.4 Å². The number of unbranched alkanes of at least 4 members (excludes halogenated alkanes) is 1. The average molecular weight is 443 g/mol. The molecule has 1 aliphatic rings. The van der Waals surface area contributed by atoms with Crippen LogP contribution in [-0.2, 0) is 26.0 Å². The van der Waals surface area contributed by atoms with Gasteiger partial charge in [-0.2, -0.15) is 0 Å². The first-order valence-corrected chi connectivity index (χ1v) is 11.8. The predicted molar refractivity (Wildman–Crippen MR) is 118 cm³/mol. The average Bonchev–Trinajstić information content (AvgIpc) is 3.04. The van der Waals surface area contributed by atoms with Gasteiger partial charge in [0.2, 0.25) is 0 Å². The second kappa shape index (κ2) is 10.3. The number of amidine groups is 1. The number of sulfonamides is 1. The van der Waals surface area contributed by atoms with Crippen molar-refractivity contribution in [3.63, 3.8) is 0 Å². The Bertz CT molecular complexity index is 1080. The zero-order chi connectivity index (χ0) is 22.3. The van der Waals surface area contributed by atoms with Crippen molar-refractivity contribution >= 4 is 27.6 Å². The van der Waals surface area contributed by atoms with Crippen LogP contribution in [0.5, 0.6) is 0 Å². The van der Waals surface area contributed by atoms with Gasteiger partial charge >= 0.3 is 5.97 Å². The van der Waals surface area contributed by atoms with Crippen LogP contribution in [0.2, 0.25) is 0 Å². The summed E-state index contributed by atoms with van der Waals surface area (Å²) >= 11 is 0. The number of nitrogens with zero attached hydrogens (tertiary/aromatic N) is 1. The fourth-order valence-electron chi connectivity index (χ4n) is 3.21. The van der Waals surface area contributed by atoms with Crippen LogP contribution in [0.1, 0.15) is 54.1 Å². The van der Waals surface area contributed by atoms with Crippen molar-refractivity contribution in [2.24, 2.45) is 4.99 Å². The van der Waals surface area contributed by atoms with Crippen molar-refractivity contribution in [3.8, 4) is 0 Å². The maximum Gasteiger partial charge on any atom is 0.306 e. The quantitative estimate of drug-likeness (QED) is 0.346. The highest BCUT2D eigenvalue weighted by atomic mass is 32.2. The summed E-state index contributed by atoms with van der Waals surface area (Å²) in [5.41, 5.74) is 2.23. The molecule has 0 radical (unpaired) electrons. The zero-order valence-corrected chi connectivity index (χ0v) is 18.3. The molecule has 1 N–H and O–H groups in total. The third-order valence-electron chi connectivity index (χ3n) is 4.93. The molecule has 2 aromatic rings. The van der Waals surface area contributed by atoms with Gasteiger partial charge in [0, 0.05) is 24.1 Å². The van der Waals surface area contributed by atoms with E-state index in [1.54, 1.807) is 30.3 Å². The molecule has 8 heteroatoms. The third kappa shape index (κ3) is 6.01. The van der Waals surface area contributed by atoms with E-state index >= 15 is 0 Å². The molecule has 0 saturated heterocycles. The van der Waals surface area contributed by atoms with Gasteiger partial charge in [0.05, 0.1) is 4.90 Å². The number of carbonyl (C=O) groups is 2. The molecule has 0 fully saturated rings. The number of hydrogen-bond acceptors (Lipinski definition) is 6.